The molecule has 2 atom stereocenters. The van der Waals surface area contributed by atoms with Crippen LogP contribution < -0.4 is 9.03 Å². The van der Waals surface area contributed by atoms with Crippen LogP contribution in [0.5, 0.6) is 0 Å². The van der Waals surface area contributed by atoms with Crippen molar-refractivity contribution in [2.75, 3.05) is 9.03 Å². The third-order valence-electron chi connectivity index (χ3n) is 4.90. The predicted molar refractivity (Wildman–Crippen MR) is 102 cm³/mol. The summed E-state index contributed by atoms with van der Waals surface area (Å²) in [6.45, 7) is 5.60. The number of carbonyl (C=O) groups excluding carboxylic acids is 1. The largest absolute Gasteiger partial charge is 0.460 e. The molecule has 7 heteroatoms. The Kier molecular flexibility index (Phi) is 5.19. The van der Waals surface area contributed by atoms with E-state index in [1.807, 2.05) is 39.0 Å². The average Bonchev–Trinajstić information content (AvgIpc) is 2.81. The van der Waals surface area contributed by atoms with Crippen LogP contribution in [0.25, 0.3) is 0 Å². The van der Waals surface area contributed by atoms with Crippen molar-refractivity contribution >= 4 is 27.6 Å². The fourth-order valence-electron chi connectivity index (χ4n) is 3.91. The third kappa shape index (κ3) is 4.31. The number of hydrogen-bond acceptors (Lipinski definition) is 4. The fraction of sp³-hybridized carbons (Fsp3) is 0.632. The second kappa shape index (κ2) is 7.10. The number of para-hydroxylation sites is 2. The molecule has 1 saturated carbocycles. The zero-order chi connectivity index (χ0) is 18.9. The molecule has 0 bridgehead atoms. The summed E-state index contributed by atoms with van der Waals surface area (Å²) in [4.78, 5) is 12.0. The Morgan fingerprint density at radius 2 is 2.00 bits per heavy atom. The lowest BCUT2D eigenvalue weighted by Crippen LogP contribution is -2.42. The molecule has 0 radical (unpaired) electrons. The highest BCUT2D eigenvalue weighted by atomic mass is 32.2. The summed E-state index contributed by atoms with van der Waals surface area (Å²) in [6.07, 6.45) is 4.75. The molecule has 144 valence electrons. The van der Waals surface area contributed by atoms with Gasteiger partial charge in [-0.3, -0.25) is 9.52 Å². The number of carbonyl (C=O) groups is 1. The van der Waals surface area contributed by atoms with E-state index < -0.39 is 15.8 Å². The Balaban J connectivity index is 1.65. The first-order valence-electron chi connectivity index (χ1n) is 9.29. The van der Waals surface area contributed by atoms with E-state index in [9.17, 15) is 13.2 Å². The van der Waals surface area contributed by atoms with Gasteiger partial charge in [0.15, 0.2) is 0 Å². The maximum atomic E-state index is 12.6. The maximum Gasteiger partial charge on any atom is 0.324 e. The molecule has 1 N–H and O–H groups in total. The van der Waals surface area contributed by atoms with E-state index in [1.165, 1.54) is 0 Å². The maximum absolute atomic E-state index is 12.6. The van der Waals surface area contributed by atoms with Crippen molar-refractivity contribution in [2.24, 2.45) is 5.92 Å². The van der Waals surface area contributed by atoms with Crippen molar-refractivity contribution in [3.05, 3.63) is 24.3 Å². The Morgan fingerprint density at radius 3 is 2.73 bits per heavy atom. The molecule has 0 saturated heterocycles. The summed E-state index contributed by atoms with van der Waals surface area (Å²) in [7, 11) is -3.53. The van der Waals surface area contributed by atoms with Crippen LogP contribution in [-0.4, -0.2) is 26.0 Å². The molecule has 0 aromatic heterocycles. The number of nitrogens with one attached hydrogen (secondary N) is 1. The first-order valence-corrected chi connectivity index (χ1v) is 10.7. The number of nitrogens with zero attached hydrogens (tertiary/aromatic N) is 1. The van der Waals surface area contributed by atoms with Crippen molar-refractivity contribution in [3.63, 3.8) is 0 Å². The molecule has 1 fully saturated rings. The lowest BCUT2D eigenvalue weighted by molar-refractivity contribution is -0.155. The van der Waals surface area contributed by atoms with Crippen LogP contribution >= 0.6 is 0 Å². The minimum Gasteiger partial charge on any atom is -0.460 e. The lowest BCUT2D eigenvalue weighted by atomic mass is 9.83. The van der Waals surface area contributed by atoms with Gasteiger partial charge in [0.05, 0.1) is 11.4 Å². The topological polar surface area (TPSA) is 75.7 Å². The molecule has 1 heterocycles. The van der Waals surface area contributed by atoms with Crippen molar-refractivity contribution in [1.29, 1.82) is 0 Å². The normalized spacial score (nSPS) is 24.7. The van der Waals surface area contributed by atoms with E-state index in [2.05, 4.69) is 4.72 Å². The molecule has 1 aromatic rings. The summed E-state index contributed by atoms with van der Waals surface area (Å²) in [5, 5.41) is 0. The van der Waals surface area contributed by atoms with Crippen molar-refractivity contribution in [3.8, 4) is 0 Å². The van der Waals surface area contributed by atoms with E-state index in [-0.39, 0.29) is 12.0 Å². The van der Waals surface area contributed by atoms with Crippen LogP contribution in [0.1, 0.15) is 59.3 Å². The molecule has 3 rings (SSSR count). The number of benzene rings is 1. The second-order valence-corrected chi connectivity index (χ2v) is 9.78. The van der Waals surface area contributed by atoms with Crippen LogP contribution in [0, 0.1) is 5.92 Å². The average molecular weight is 381 g/mol. The summed E-state index contributed by atoms with van der Waals surface area (Å²) >= 11 is 0. The zero-order valence-electron chi connectivity index (χ0n) is 15.7. The van der Waals surface area contributed by atoms with E-state index in [1.54, 1.807) is 10.4 Å². The molecule has 0 amide bonds. The molecular formula is C19H28N2O4S. The number of anilines is 2. The van der Waals surface area contributed by atoms with Gasteiger partial charge in [0.2, 0.25) is 0 Å². The van der Waals surface area contributed by atoms with Crippen LogP contribution in [0.2, 0.25) is 0 Å². The SMILES string of the molecule is CC(C)(C)OC(=O)CCC1CCC[C@@H](N2c3ccccc3NS2(=O)=O)C1. The van der Waals surface area contributed by atoms with Gasteiger partial charge in [-0.25, -0.2) is 4.31 Å². The molecule has 6 nitrogen and oxygen atoms in total. The van der Waals surface area contributed by atoms with Crippen LogP contribution in [-0.2, 0) is 19.7 Å². The molecule has 26 heavy (non-hydrogen) atoms. The van der Waals surface area contributed by atoms with Crippen molar-refractivity contribution < 1.29 is 17.9 Å². The Hall–Kier alpha value is -1.76. The van der Waals surface area contributed by atoms with E-state index in [4.69, 9.17) is 4.74 Å². The highest BCUT2D eigenvalue weighted by Crippen LogP contribution is 2.41. The number of rotatable bonds is 4. The molecule has 0 spiro atoms. The summed E-state index contributed by atoms with van der Waals surface area (Å²) in [5.41, 5.74) is 0.902. The predicted octanol–water partition coefficient (Wildman–Crippen LogP) is 3.84. The number of ether oxygens (including phenoxy) is 1. The summed E-state index contributed by atoms with van der Waals surface area (Å²) < 4.78 is 34.7. The van der Waals surface area contributed by atoms with Gasteiger partial charge in [-0.05, 0) is 58.1 Å². The number of esters is 1. The molecule has 1 aliphatic carbocycles. The number of fused-ring (bicyclic) bond motifs is 1. The molecule has 1 unspecified atom stereocenters. The fourth-order valence-corrected chi connectivity index (χ4v) is 5.47. The molecular weight excluding hydrogens is 352 g/mol. The van der Waals surface area contributed by atoms with Crippen LogP contribution in [0.4, 0.5) is 11.4 Å². The third-order valence-corrected chi connectivity index (χ3v) is 6.39. The van der Waals surface area contributed by atoms with Gasteiger partial charge in [-0.2, -0.15) is 8.42 Å². The van der Waals surface area contributed by atoms with E-state index in [0.29, 0.717) is 18.0 Å². The summed E-state index contributed by atoms with van der Waals surface area (Å²) in [6, 6.07) is 7.26. The Bertz CT molecular complexity index is 770. The minimum atomic E-state index is -3.53. The standard InChI is InChI=1S/C19H28N2O4S/c1-19(2,3)25-18(22)12-11-14-7-6-8-15(13-14)21-17-10-5-4-9-16(17)20-26(21,23)24/h4-5,9-10,14-15,20H,6-8,11-13H2,1-3H3/t14?,15-/m1/s1. The molecule has 1 aromatic carbocycles. The lowest BCUT2D eigenvalue weighted by Gasteiger charge is -2.35. The van der Waals surface area contributed by atoms with Gasteiger partial charge in [0, 0.05) is 12.5 Å². The van der Waals surface area contributed by atoms with Gasteiger partial charge in [0.25, 0.3) is 0 Å². The number of hydrogen-bond donors (Lipinski definition) is 1. The van der Waals surface area contributed by atoms with Gasteiger partial charge < -0.3 is 4.74 Å². The molecule has 1 aliphatic heterocycles. The highest BCUT2D eigenvalue weighted by Gasteiger charge is 2.39. The summed E-state index contributed by atoms with van der Waals surface area (Å²) in [5.74, 6) is 0.157. The first-order chi connectivity index (χ1) is 12.2. The van der Waals surface area contributed by atoms with E-state index in [0.717, 1.165) is 37.8 Å². The smallest absolute Gasteiger partial charge is 0.324 e. The van der Waals surface area contributed by atoms with Gasteiger partial charge >= 0.3 is 16.2 Å². The van der Waals surface area contributed by atoms with Gasteiger partial charge in [-0.15, -0.1) is 0 Å². The Morgan fingerprint density at radius 1 is 1.27 bits per heavy atom. The van der Waals surface area contributed by atoms with Crippen molar-refractivity contribution in [2.45, 2.75) is 70.9 Å². The van der Waals surface area contributed by atoms with Gasteiger partial charge in [-0.1, -0.05) is 25.0 Å². The first kappa shape index (κ1) is 19.0. The van der Waals surface area contributed by atoms with Crippen LogP contribution in [0.3, 0.4) is 0 Å². The minimum absolute atomic E-state index is 0.0615. The highest BCUT2D eigenvalue weighted by molar-refractivity contribution is 7.94. The monoisotopic (exact) mass is 380 g/mol. The van der Waals surface area contributed by atoms with Crippen LogP contribution in [0.15, 0.2) is 24.3 Å². The quantitative estimate of drug-likeness (QED) is 0.805. The van der Waals surface area contributed by atoms with E-state index >= 15 is 0 Å². The zero-order valence-corrected chi connectivity index (χ0v) is 16.5. The second-order valence-electron chi connectivity index (χ2n) is 8.23. The Labute approximate surface area is 156 Å². The van der Waals surface area contributed by atoms with Crippen molar-refractivity contribution in [1.82, 2.24) is 0 Å². The van der Waals surface area contributed by atoms with Gasteiger partial charge in [0.1, 0.15) is 5.60 Å². The molecule has 2 aliphatic rings.